The summed E-state index contributed by atoms with van der Waals surface area (Å²) in [5.41, 5.74) is 2.24. The van der Waals surface area contributed by atoms with Gasteiger partial charge in [0.15, 0.2) is 6.04 Å². The van der Waals surface area contributed by atoms with Gasteiger partial charge in [0, 0.05) is 28.7 Å². The van der Waals surface area contributed by atoms with Crippen molar-refractivity contribution in [3.05, 3.63) is 75.2 Å². The summed E-state index contributed by atoms with van der Waals surface area (Å²) in [6.07, 6.45) is 7.33. The number of fused-ring (bicyclic) bond motifs is 1. The highest BCUT2D eigenvalue weighted by Crippen LogP contribution is 2.19. The van der Waals surface area contributed by atoms with Crippen LogP contribution in [0.4, 0.5) is 0 Å². The van der Waals surface area contributed by atoms with Crippen molar-refractivity contribution in [3.8, 4) is 0 Å². The molecule has 0 aliphatic heterocycles. The number of hydrogen-bond donors (Lipinski definition) is 2. The Morgan fingerprint density at radius 1 is 1.37 bits per heavy atom. The van der Waals surface area contributed by atoms with Crippen LogP contribution in [-0.4, -0.2) is 25.8 Å². The molecule has 1 unspecified atom stereocenters. The number of aliphatic carboxylic acids is 1. The lowest BCUT2D eigenvalue weighted by Crippen LogP contribution is -2.50. The topological polar surface area (TPSA) is 88.0 Å². The van der Waals surface area contributed by atoms with Crippen molar-refractivity contribution < 1.29 is 9.90 Å². The Kier molecular flexibility index (Phi) is 5.07. The molecule has 3 rings (SSSR count). The fourth-order valence-corrected chi connectivity index (χ4v) is 3.18. The van der Waals surface area contributed by atoms with Crippen molar-refractivity contribution in [2.24, 2.45) is 0 Å². The average Bonchev–Trinajstić information content (AvgIpc) is 3.07. The molecule has 6 heteroatoms. The van der Waals surface area contributed by atoms with Crippen LogP contribution < -0.4 is 16.0 Å². The minimum absolute atomic E-state index is 0.394. The largest absolute Gasteiger partial charge is 0.480 e. The molecule has 0 amide bonds. The lowest BCUT2D eigenvalue weighted by Gasteiger charge is -2.12. The van der Waals surface area contributed by atoms with E-state index in [0.29, 0.717) is 22.6 Å². The second-order valence-corrected chi connectivity index (χ2v) is 6.27. The van der Waals surface area contributed by atoms with Crippen LogP contribution in [0.2, 0.25) is 0 Å². The molecule has 0 saturated carbocycles. The first-order chi connectivity index (χ1) is 13.0. The number of benzene rings is 1. The van der Waals surface area contributed by atoms with Gasteiger partial charge in [-0.1, -0.05) is 36.9 Å². The highest BCUT2D eigenvalue weighted by atomic mass is 16.4. The van der Waals surface area contributed by atoms with Gasteiger partial charge in [-0.2, -0.15) is 5.10 Å². The van der Waals surface area contributed by atoms with Crippen molar-refractivity contribution >= 4 is 29.0 Å². The summed E-state index contributed by atoms with van der Waals surface area (Å²) in [6, 6.07) is 6.86. The number of rotatable bonds is 5. The molecule has 2 aromatic heterocycles. The fraction of sp³-hybridized carbons (Fsp3) is 0.190. The smallest absolute Gasteiger partial charge is 0.328 e. The molecule has 138 valence electrons. The molecule has 6 nitrogen and oxygen atoms in total. The van der Waals surface area contributed by atoms with Gasteiger partial charge in [-0.05, 0) is 31.6 Å². The van der Waals surface area contributed by atoms with E-state index in [0.717, 1.165) is 21.1 Å². The van der Waals surface area contributed by atoms with Gasteiger partial charge < -0.3 is 10.1 Å². The predicted molar refractivity (Wildman–Crippen MR) is 106 cm³/mol. The van der Waals surface area contributed by atoms with Crippen LogP contribution in [-0.2, 0) is 11.2 Å². The third-order valence-electron chi connectivity index (χ3n) is 4.60. The van der Waals surface area contributed by atoms with Crippen LogP contribution in [0, 0.1) is 0 Å². The maximum Gasteiger partial charge on any atom is 0.328 e. The third-order valence-corrected chi connectivity index (χ3v) is 4.60. The van der Waals surface area contributed by atoms with E-state index in [1.807, 2.05) is 43.5 Å². The standard InChI is InChI=1S/C21H21N3O3/c1-4-8-17-15(5-2)19(23-24(20(17)25)13(3)21(26)27)11-14-12-22-18-10-7-6-9-16(14)18/h4-10,12-13,22H,1,11H2,2-3H3,(H,26,27)/b15-5+,17-8+. The molecule has 0 aliphatic rings. The molecule has 0 saturated heterocycles. The number of hydrogen-bond acceptors (Lipinski definition) is 3. The first-order valence-electron chi connectivity index (χ1n) is 8.66. The van der Waals surface area contributed by atoms with E-state index in [1.54, 1.807) is 6.08 Å². The molecule has 27 heavy (non-hydrogen) atoms. The highest BCUT2D eigenvalue weighted by Gasteiger charge is 2.19. The second kappa shape index (κ2) is 7.45. The van der Waals surface area contributed by atoms with Gasteiger partial charge in [0.1, 0.15) is 0 Å². The van der Waals surface area contributed by atoms with Crippen LogP contribution >= 0.6 is 0 Å². The zero-order valence-electron chi connectivity index (χ0n) is 15.3. The summed E-state index contributed by atoms with van der Waals surface area (Å²) in [4.78, 5) is 27.4. The Morgan fingerprint density at radius 2 is 2.11 bits per heavy atom. The average molecular weight is 363 g/mol. The zero-order chi connectivity index (χ0) is 19.6. The molecule has 3 aromatic rings. The van der Waals surface area contributed by atoms with E-state index in [2.05, 4.69) is 16.7 Å². The number of carboxylic acid groups (broad SMARTS) is 1. The van der Waals surface area contributed by atoms with Gasteiger partial charge >= 0.3 is 5.97 Å². The van der Waals surface area contributed by atoms with Crippen molar-refractivity contribution in [1.82, 2.24) is 14.8 Å². The number of carbonyl (C=O) groups is 1. The normalized spacial score (nSPS) is 13.9. The molecule has 0 radical (unpaired) electrons. The van der Waals surface area contributed by atoms with Gasteiger partial charge in [-0.3, -0.25) is 4.79 Å². The van der Waals surface area contributed by atoms with Crippen molar-refractivity contribution in [2.75, 3.05) is 0 Å². The summed E-state index contributed by atoms with van der Waals surface area (Å²) >= 11 is 0. The Morgan fingerprint density at radius 3 is 2.78 bits per heavy atom. The number of aromatic nitrogens is 3. The summed E-state index contributed by atoms with van der Waals surface area (Å²) in [5, 5.41) is 15.9. The first-order valence-corrected chi connectivity index (χ1v) is 8.66. The van der Waals surface area contributed by atoms with E-state index < -0.39 is 17.6 Å². The molecule has 1 aromatic carbocycles. The molecule has 1 atom stereocenters. The van der Waals surface area contributed by atoms with E-state index in [-0.39, 0.29) is 0 Å². The lowest BCUT2D eigenvalue weighted by atomic mass is 10.1. The molecular weight excluding hydrogens is 342 g/mol. The van der Waals surface area contributed by atoms with Crippen LogP contribution in [0.1, 0.15) is 31.1 Å². The maximum absolute atomic E-state index is 12.8. The van der Waals surface area contributed by atoms with Crippen molar-refractivity contribution in [2.45, 2.75) is 26.3 Å². The monoisotopic (exact) mass is 363 g/mol. The summed E-state index contributed by atoms with van der Waals surface area (Å²) < 4.78 is 1.04. The third kappa shape index (κ3) is 3.33. The van der Waals surface area contributed by atoms with E-state index >= 15 is 0 Å². The van der Waals surface area contributed by atoms with Crippen LogP contribution in [0.15, 0.2) is 47.9 Å². The lowest BCUT2D eigenvalue weighted by molar-refractivity contribution is -0.140. The molecule has 2 heterocycles. The summed E-state index contributed by atoms with van der Waals surface area (Å²) in [5.74, 6) is -1.11. The highest BCUT2D eigenvalue weighted by molar-refractivity contribution is 5.83. The summed E-state index contributed by atoms with van der Waals surface area (Å²) in [6.45, 7) is 6.95. The minimum atomic E-state index is -1.11. The number of carboxylic acids is 1. The van der Waals surface area contributed by atoms with E-state index in [4.69, 9.17) is 0 Å². The van der Waals surface area contributed by atoms with Crippen LogP contribution in [0.3, 0.4) is 0 Å². The van der Waals surface area contributed by atoms with E-state index in [1.165, 1.54) is 13.0 Å². The van der Waals surface area contributed by atoms with Gasteiger partial charge in [-0.25, -0.2) is 9.48 Å². The molecular formula is C21H21N3O3. The minimum Gasteiger partial charge on any atom is -0.480 e. The molecule has 0 bridgehead atoms. The number of H-pyrrole nitrogens is 1. The zero-order valence-corrected chi connectivity index (χ0v) is 15.3. The van der Waals surface area contributed by atoms with Crippen molar-refractivity contribution in [1.29, 1.82) is 0 Å². The number of nitrogens with one attached hydrogen (secondary N) is 1. The van der Waals surface area contributed by atoms with Gasteiger partial charge in [0.05, 0.1) is 10.9 Å². The molecule has 0 fully saturated rings. The quantitative estimate of drug-likeness (QED) is 0.723. The maximum atomic E-state index is 12.8. The van der Waals surface area contributed by atoms with Gasteiger partial charge in [0.25, 0.3) is 5.56 Å². The SMILES string of the molecule is C=C/C=c1/c(=O)n(C(C)C(=O)O)nc(Cc2c[nH]c3ccccc23)/c1=C/C. The fourth-order valence-electron chi connectivity index (χ4n) is 3.18. The van der Waals surface area contributed by atoms with E-state index in [9.17, 15) is 14.7 Å². The molecule has 2 N–H and O–H groups in total. The van der Waals surface area contributed by atoms with Crippen molar-refractivity contribution in [3.63, 3.8) is 0 Å². The van der Waals surface area contributed by atoms with Crippen LogP contribution in [0.5, 0.6) is 0 Å². The Balaban J connectivity index is 2.28. The molecule has 0 aliphatic carbocycles. The van der Waals surface area contributed by atoms with Gasteiger partial charge in [0.2, 0.25) is 0 Å². The number of nitrogens with zero attached hydrogens (tertiary/aromatic N) is 2. The number of allylic oxidation sites excluding steroid dienone is 1. The Labute approximate surface area is 155 Å². The predicted octanol–water partition coefficient (Wildman–Crippen LogP) is 1.73. The first kappa shape index (κ1) is 18.4. The number of para-hydroxylation sites is 1. The Bertz CT molecular complexity index is 1200. The second-order valence-electron chi connectivity index (χ2n) is 6.27. The molecule has 0 spiro atoms. The Hall–Kier alpha value is -3.41. The van der Waals surface area contributed by atoms with Crippen LogP contribution in [0.25, 0.3) is 23.1 Å². The number of aromatic amines is 1. The van der Waals surface area contributed by atoms with Gasteiger partial charge in [-0.15, -0.1) is 0 Å². The summed E-state index contributed by atoms with van der Waals surface area (Å²) in [7, 11) is 0.